The second-order valence-corrected chi connectivity index (χ2v) is 3.33. The molecule has 1 rings (SSSR count). The van der Waals surface area contributed by atoms with E-state index >= 15 is 0 Å². The molecule has 0 radical (unpaired) electrons. The highest BCUT2D eigenvalue weighted by Gasteiger charge is 2.12. The van der Waals surface area contributed by atoms with Crippen LogP contribution in [0.25, 0.3) is 0 Å². The van der Waals surface area contributed by atoms with Crippen LogP contribution in [0.1, 0.15) is 25.0 Å². The predicted molar refractivity (Wildman–Crippen MR) is 59.1 cm³/mol. The van der Waals surface area contributed by atoms with E-state index in [0.29, 0.717) is 19.0 Å². The van der Waals surface area contributed by atoms with E-state index in [-0.39, 0.29) is 0 Å². The first-order chi connectivity index (χ1) is 7.29. The summed E-state index contributed by atoms with van der Waals surface area (Å²) in [4.78, 5) is 0. The Balaban J connectivity index is 2.59. The van der Waals surface area contributed by atoms with Crippen LogP contribution in [0.2, 0.25) is 0 Å². The van der Waals surface area contributed by atoms with Crippen molar-refractivity contribution in [2.75, 3.05) is 20.3 Å². The van der Waals surface area contributed by atoms with Crippen molar-refractivity contribution in [2.24, 2.45) is 0 Å². The highest BCUT2D eigenvalue weighted by atomic mass is 16.5. The van der Waals surface area contributed by atoms with Crippen LogP contribution in [0, 0.1) is 0 Å². The summed E-state index contributed by atoms with van der Waals surface area (Å²) >= 11 is 0. The van der Waals surface area contributed by atoms with Crippen LogP contribution in [0.15, 0.2) is 24.3 Å². The Morgan fingerprint density at radius 2 is 2.07 bits per heavy atom. The third-order valence-electron chi connectivity index (χ3n) is 2.12. The summed E-state index contributed by atoms with van der Waals surface area (Å²) in [6, 6.07) is 7.43. The van der Waals surface area contributed by atoms with Crippen molar-refractivity contribution in [3.8, 4) is 5.75 Å². The molecule has 84 valence electrons. The van der Waals surface area contributed by atoms with Gasteiger partial charge in [-0.05, 0) is 12.5 Å². The molecule has 0 amide bonds. The SMILES string of the molecule is CCCOCC(O)c1ccccc1OC. The number of methoxy groups -OCH3 is 1. The van der Waals surface area contributed by atoms with Crippen LogP contribution in [0.3, 0.4) is 0 Å². The van der Waals surface area contributed by atoms with Crippen LogP contribution < -0.4 is 4.74 Å². The first-order valence-electron chi connectivity index (χ1n) is 5.18. The standard InChI is InChI=1S/C12H18O3/c1-3-8-15-9-11(13)10-6-4-5-7-12(10)14-2/h4-7,11,13H,3,8-9H2,1-2H3. The number of aliphatic hydroxyl groups excluding tert-OH is 1. The van der Waals surface area contributed by atoms with Crippen molar-refractivity contribution >= 4 is 0 Å². The molecule has 3 heteroatoms. The van der Waals surface area contributed by atoms with Gasteiger partial charge in [-0.2, -0.15) is 0 Å². The number of hydrogen-bond donors (Lipinski definition) is 1. The molecule has 0 aliphatic rings. The van der Waals surface area contributed by atoms with Gasteiger partial charge in [0.05, 0.1) is 13.7 Å². The van der Waals surface area contributed by atoms with Crippen LogP contribution >= 0.6 is 0 Å². The normalized spacial score (nSPS) is 12.5. The maximum absolute atomic E-state index is 9.85. The lowest BCUT2D eigenvalue weighted by Crippen LogP contribution is -2.09. The summed E-state index contributed by atoms with van der Waals surface area (Å²) in [6.07, 6.45) is 0.339. The minimum atomic E-state index is -0.618. The van der Waals surface area contributed by atoms with E-state index in [9.17, 15) is 5.11 Å². The third kappa shape index (κ3) is 3.53. The quantitative estimate of drug-likeness (QED) is 0.731. The maximum Gasteiger partial charge on any atom is 0.124 e. The van der Waals surface area contributed by atoms with Gasteiger partial charge in [0.25, 0.3) is 0 Å². The van der Waals surface area contributed by atoms with Crippen LogP contribution in [-0.2, 0) is 4.74 Å². The fourth-order valence-corrected chi connectivity index (χ4v) is 1.37. The van der Waals surface area contributed by atoms with Gasteiger partial charge >= 0.3 is 0 Å². The molecular formula is C12H18O3. The zero-order valence-electron chi connectivity index (χ0n) is 9.27. The van der Waals surface area contributed by atoms with Crippen LogP contribution in [0.5, 0.6) is 5.75 Å². The van der Waals surface area contributed by atoms with Crippen molar-refractivity contribution in [3.63, 3.8) is 0 Å². The van der Waals surface area contributed by atoms with Crippen LogP contribution in [-0.4, -0.2) is 25.4 Å². The van der Waals surface area contributed by atoms with E-state index < -0.39 is 6.10 Å². The van der Waals surface area contributed by atoms with E-state index in [0.717, 1.165) is 12.0 Å². The number of para-hydroxylation sites is 1. The Morgan fingerprint density at radius 1 is 1.33 bits per heavy atom. The number of aliphatic hydroxyl groups is 1. The average molecular weight is 210 g/mol. The fourth-order valence-electron chi connectivity index (χ4n) is 1.37. The average Bonchev–Trinajstić information content (AvgIpc) is 2.29. The van der Waals surface area contributed by atoms with Gasteiger partial charge in [0.15, 0.2) is 0 Å². The molecule has 0 saturated carbocycles. The molecule has 0 aliphatic heterocycles. The highest BCUT2D eigenvalue weighted by molar-refractivity contribution is 5.34. The summed E-state index contributed by atoms with van der Waals surface area (Å²) in [5.74, 6) is 0.699. The van der Waals surface area contributed by atoms with Gasteiger partial charge < -0.3 is 14.6 Å². The Morgan fingerprint density at radius 3 is 2.73 bits per heavy atom. The lowest BCUT2D eigenvalue weighted by atomic mass is 10.1. The summed E-state index contributed by atoms with van der Waals surface area (Å²) in [7, 11) is 1.60. The summed E-state index contributed by atoms with van der Waals surface area (Å²) in [5, 5.41) is 9.85. The fraction of sp³-hybridized carbons (Fsp3) is 0.500. The second kappa shape index (κ2) is 6.43. The largest absolute Gasteiger partial charge is 0.496 e. The van der Waals surface area contributed by atoms with Gasteiger partial charge in [-0.1, -0.05) is 25.1 Å². The minimum Gasteiger partial charge on any atom is -0.496 e. The van der Waals surface area contributed by atoms with Gasteiger partial charge in [0.1, 0.15) is 11.9 Å². The van der Waals surface area contributed by atoms with Gasteiger partial charge in [-0.3, -0.25) is 0 Å². The van der Waals surface area contributed by atoms with Gasteiger partial charge in [-0.15, -0.1) is 0 Å². The zero-order chi connectivity index (χ0) is 11.1. The number of ether oxygens (including phenoxy) is 2. The first kappa shape index (κ1) is 12.0. The topological polar surface area (TPSA) is 38.7 Å². The molecule has 0 aliphatic carbocycles. The van der Waals surface area contributed by atoms with E-state index in [2.05, 4.69) is 0 Å². The maximum atomic E-state index is 9.85. The summed E-state index contributed by atoms with van der Waals surface area (Å²) in [6.45, 7) is 3.02. The molecule has 0 saturated heterocycles. The predicted octanol–water partition coefficient (Wildman–Crippen LogP) is 2.16. The minimum absolute atomic E-state index is 0.314. The molecule has 0 bridgehead atoms. The third-order valence-corrected chi connectivity index (χ3v) is 2.12. The second-order valence-electron chi connectivity index (χ2n) is 3.33. The van der Waals surface area contributed by atoms with Crippen molar-refractivity contribution in [1.29, 1.82) is 0 Å². The van der Waals surface area contributed by atoms with E-state index in [1.807, 2.05) is 31.2 Å². The van der Waals surface area contributed by atoms with Crippen molar-refractivity contribution in [1.82, 2.24) is 0 Å². The van der Waals surface area contributed by atoms with Crippen molar-refractivity contribution in [2.45, 2.75) is 19.4 Å². The molecule has 3 nitrogen and oxygen atoms in total. The molecule has 0 spiro atoms. The van der Waals surface area contributed by atoms with Crippen molar-refractivity contribution < 1.29 is 14.6 Å². The number of hydrogen-bond acceptors (Lipinski definition) is 3. The smallest absolute Gasteiger partial charge is 0.124 e. The molecule has 15 heavy (non-hydrogen) atoms. The van der Waals surface area contributed by atoms with Gasteiger partial charge in [-0.25, -0.2) is 0 Å². The number of benzene rings is 1. The molecule has 0 heterocycles. The van der Waals surface area contributed by atoms with E-state index in [4.69, 9.17) is 9.47 Å². The molecule has 1 unspecified atom stereocenters. The molecule has 1 atom stereocenters. The van der Waals surface area contributed by atoms with E-state index in [1.165, 1.54) is 0 Å². The lowest BCUT2D eigenvalue weighted by Gasteiger charge is -2.14. The lowest BCUT2D eigenvalue weighted by molar-refractivity contribution is 0.0352. The zero-order valence-corrected chi connectivity index (χ0v) is 9.27. The highest BCUT2D eigenvalue weighted by Crippen LogP contribution is 2.24. The van der Waals surface area contributed by atoms with E-state index in [1.54, 1.807) is 7.11 Å². The Labute approximate surface area is 90.6 Å². The van der Waals surface area contributed by atoms with Gasteiger partial charge in [0.2, 0.25) is 0 Å². The summed E-state index contributed by atoms with van der Waals surface area (Å²) < 4.78 is 10.5. The monoisotopic (exact) mass is 210 g/mol. The van der Waals surface area contributed by atoms with Crippen LogP contribution in [0.4, 0.5) is 0 Å². The number of rotatable bonds is 6. The molecule has 1 aromatic carbocycles. The van der Waals surface area contributed by atoms with Crippen molar-refractivity contribution in [3.05, 3.63) is 29.8 Å². The molecule has 0 fully saturated rings. The Hall–Kier alpha value is -1.06. The Kier molecular flexibility index (Phi) is 5.15. The molecular weight excluding hydrogens is 192 g/mol. The Bertz CT molecular complexity index is 286. The van der Waals surface area contributed by atoms with Gasteiger partial charge in [0, 0.05) is 12.2 Å². The molecule has 0 aromatic heterocycles. The first-order valence-corrected chi connectivity index (χ1v) is 5.18. The summed E-state index contributed by atoms with van der Waals surface area (Å²) in [5.41, 5.74) is 0.774. The molecule has 1 aromatic rings. The molecule has 1 N–H and O–H groups in total.